The van der Waals surface area contributed by atoms with E-state index in [1.165, 1.54) is 0 Å². The van der Waals surface area contributed by atoms with Gasteiger partial charge < -0.3 is 10.6 Å². The molecule has 2 saturated heterocycles. The number of urea groups is 1. The van der Waals surface area contributed by atoms with Crippen LogP contribution in [0.3, 0.4) is 0 Å². The minimum atomic E-state index is -0.846. The molecule has 1 aliphatic carbocycles. The van der Waals surface area contributed by atoms with Crippen molar-refractivity contribution in [3.05, 3.63) is 71.8 Å². The second kappa shape index (κ2) is 6.20. The van der Waals surface area contributed by atoms with Crippen LogP contribution in [0.1, 0.15) is 42.5 Å². The Bertz CT molecular complexity index is 814. The van der Waals surface area contributed by atoms with Crippen molar-refractivity contribution < 1.29 is 9.59 Å². The van der Waals surface area contributed by atoms with E-state index in [0.717, 1.165) is 30.4 Å². The van der Waals surface area contributed by atoms with Gasteiger partial charge in [-0.2, -0.15) is 0 Å². The second-order valence-electron chi connectivity index (χ2n) is 7.86. The van der Waals surface area contributed by atoms with Gasteiger partial charge in [-0.05, 0) is 24.0 Å². The highest BCUT2D eigenvalue weighted by atomic mass is 16.2. The number of carbonyl (C=O) groups is 2. The van der Waals surface area contributed by atoms with E-state index >= 15 is 0 Å². The summed E-state index contributed by atoms with van der Waals surface area (Å²) >= 11 is 0. The first kappa shape index (κ1) is 16.5. The second-order valence-corrected chi connectivity index (χ2v) is 7.86. The van der Waals surface area contributed by atoms with Gasteiger partial charge in [0.05, 0.1) is 0 Å². The SMILES string of the molecule is O=C1NC(=O)C2(N1)C1CCCC2C(c2ccccc2)NC1c1ccccc1. The molecule has 2 heterocycles. The Hall–Kier alpha value is -2.66. The predicted octanol–water partition coefficient (Wildman–Crippen LogP) is 3.07. The Labute approximate surface area is 158 Å². The lowest BCUT2D eigenvalue weighted by atomic mass is 9.56. The van der Waals surface area contributed by atoms with Crippen molar-refractivity contribution in [2.75, 3.05) is 0 Å². The molecule has 1 spiro atoms. The van der Waals surface area contributed by atoms with Crippen molar-refractivity contribution >= 4 is 11.9 Å². The number of hydrogen-bond acceptors (Lipinski definition) is 3. The zero-order chi connectivity index (χ0) is 18.4. The van der Waals surface area contributed by atoms with Crippen LogP contribution in [-0.4, -0.2) is 17.5 Å². The number of hydrogen-bond donors (Lipinski definition) is 3. The van der Waals surface area contributed by atoms with E-state index in [4.69, 9.17) is 0 Å². The molecule has 1 saturated carbocycles. The molecule has 3 aliphatic rings. The number of benzene rings is 2. The summed E-state index contributed by atoms with van der Waals surface area (Å²) in [6.07, 6.45) is 2.89. The number of imide groups is 1. The molecule has 4 atom stereocenters. The molecule has 3 amide bonds. The lowest BCUT2D eigenvalue weighted by molar-refractivity contribution is -0.135. The molecule has 3 fully saturated rings. The molecule has 27 heavy (non-hydrogen) atoms. The molecule has 138 valence electrons. The average Bonchev–Trinajstić information content (AvgIpc) is 2.97. The van der Waals surface area contributed by atoms with Crippen molar-refractivity contribution in [3.8, 4) is 0 Å². The average molecular weight is 361 g/mol. The summed E-state index contributed by atoms with van der Waals surface area (Å²) in [4.78, 5) is 25.3. The van der Waals surface area contributed by atoms with Gasteiger partial charge in [-0.1, -0.05) is 67.1 Å². The summed E-state index contributed by atoms with van der Waals surface area (Å²) in [5.74, 6) is -0.0966. The van der Waals surface area contributed by atoms with Crippen LogP contribution in [0.15, 0.2) is 60.7 Å². The molecule has 3 N–H and O–H groups in total. The van der Waals surface area contributed by atoms with Crippen LogP contribution in [0, 0.1) is 11.8 Å². The summed E-state index contributed by atoms with van der Waals surface area (Å²) in [7, 11) is 0. The fourth-order valence-electron chi connectivity index (χ4n) is 5.56. The number of amides is 3. The van der Waals surface area contributed by atoms with E-state index in [1.807, 2.05) is 36.4 Å². The highest BCUT2D eigenvalue weighted by Crippen LogP contribution is 2.54. The van der Waals surface area contributed by atoms with Crippen molar-refractivity contribution in [2.24, 2.45) is 11.8 Å². The molecule has 4 unspecified atom stereocenters. The van der Waals surface area contributed by atoms with Crippen LogP contribution in [0.4, 0.5) is 4.79 Å². The van der Waals surface area contributed by atoms with Crippen LogP contribution in [0.5, 0.6) is 0 Å². The summed E-state index contributed by atoms with van der Waals surface area (Å²) in [5, 5.41) is 9.46. The molecule has 2 aromatic carbocycles. The first-order valence-electron chi connectivity index (χ1n) is 9.69. The first-order chi connectivity index (χ1) is 13.2. The van der Waals surface area contributed by atoms with Crippen LogP contribution >= 0.6 is 0 Å². The monoisotopic (exact) mass is 361 g/mol. The van der Waals surface area contributed by atoms with Crippen LogP contribution in [0.25, 0.3) is 0 Å². The third-order valence-corrected chi connectivity index (χ3v) is 6.60. The molecule has 5 heteroatoms. The minimum absolute atomic E-state index is 0.0112. The fraction of sp³-hybridized carbons (Fsp3) is 0.364. The molecule has 2 aliphatic heterocycles. The maximum atomic E-state index is 13.1. The summed E-state index contributed by atoms with van der Waals surface area (Å²) in [6, 6.07) is 20.2. The normalized spacial score (nSPS) is 35.0. The lowest BCUT2D eigenvalue weighted by Crippen LogP contribution is -2.69. The third kappa shape index (κ3) is 2.42. The number of piperidine rings is 1. The number of rotatable bonds is 2. The van der Waals surface area contributed by atoms with Crippen molar-refractivity contribution in [3.63, 3.8) is 0 Å². The first-order valence-corrected chi connectivity index (χ1v) is 9.69. The topological polar surface area (TPSA) is 70.2 Å². The van der Waals surface area contributed by atoms with Crippen LogP contribution in [0.2, 0.25) is 0 Å². The standard InChI is InChI=1S/C22H23N3O2/c26-20-22(25-21(27)24-20)16-12-7-13-17(22)19(15-10-5-2-6-11-15)23-18(16)14-8-3-1-4-9-14/h1-6,8-11,16-19,23H,7,12-13H2,(H2,24,25,26,27). The van der Waals surface area contributed by atoms with Crippen LogP contribution in [-0.2, 0) is 4.79 Å². The van der Waals surface area contributed by atoms with E-state index in [0.29, 0.717) is 0 Å². The van der Waals surface area contributed by atoms with Gasteiger partial charge in [-0.15, -0.1) is 0 Å². The van der Waals surface area contributed by atoms with Gasteiger partial charge in [-0.25, -0.2) is 4.79 Å². The molecule has 2 bridgehead atoms. The Morgan fingerprint density at radius 1 is 0.778 bits per heavy atom. The van der Waals surface area contributed by atoms with Gasteiger partial charge >= 0.3 is 6.03 Å². The Morgan fingerprint density at radius 2 is 1.30 bits per heavy atom. The van der Waals surface area contributed by atoms with E-state index in [-0.39, 0.29) is 35.9 Å². The summed E-state index contributed by atoms with van der Waals surface area (Å²) in [6.45, 7) is 0. The third-order valence-electron chi connectivity index (χ3n) is 6.60. The van der Waals surface area contributed by atoms with Gasteiger partial charge in [0.15, 0.2) is 0 Å². The van der Waals surface area contributed by atoms with Gasteiger partial charge in [0.25, 0.3) is 5.91 Å². The van der Waals surface area contributed by atoms with E-state index in [2.05, 4.69) is 40.2 Å². The molecule has 2 aromatic rings. The molecule has 5 rings (SSSR count). The maximum absolute atomic E-state index is 13.1. The van der Waals surface area contributed by atoms with Gasteiger partial charge in [0.2, 0.25) is 0 Å². The highest BCUT2D eigenvalue weighted by molar-refractivity contribution is 6.07. The van der Waals surface area contributed by atoms with Crippen molar-refractivity contribution in [2.45, 2.75) is 36.9 Å². The van der Waals surface area contributed by atoms with E-state index in [1.54, 1.807) is 0 Å². The number of carbonyl (C=O) groups excluding carboxylic acids is 2. The summed E-state index contributed by atoms with van der Waals surface area (Å²) < 4.78 is 0. The minimum Gasteiger partial charge on any atom is -0.323 e. The fourth-order valence-corrected chi connectivity index (χ4v) is 5.56. The molecular formula is C22H23N3O2. The Morgan fingerprint density at radius 3 is 1.74 bits per heavy atom. The lowest BCUT2D eigenvalue weighted by Gasteiger charge is -2.56. The van der Waals surface area contributed by atoms with Gasteiger partial charge in [-0.3, -0.25) is 10.1 Å². The summed E-state index contributed by atoms with van der Waals surface area (Å²) in [5.41, 5.74) is 1.48. The van der Waals surface area contributed by atoms with E-state index in [9.17, 15) is 9.59 Å². The smallest absolute Gasteiger partial charge is 0.322 e. The molecule has 5 nitrogen and oxygen atoms in total. The number of nitrogens with one attached hydrogen (secondary N) is 3. The zero-order valence-electron chi connectivity index (χ0n) is 15.0. The maximum Gasteiger partial charge on any atom is 0.322 e. The largest absolute Gasteiger partial charge is 0.323 e. The molecule has 0 aromatic heterocycles. The Balaban J connectivity index is 1.67. The highest BCUT2D eigenvalue weighted by Gasteiger charge is 2.64. The van der Waals surface area contributed by atoms with Gasteiger partial charge in [0, 0.05) is 23.9 Å². The quantitative estimate of drug-likeness (QED) is 0.720. The van der Waals surface area contributed by atoms with Crippen molar-refractivity contribution in [1.29, 1.82) is 0 Å². The Kier molecular flexibility index (Phi) is 3.79. The molecular weight excluding hydrogens is 338 g/mol. The van der Waals surface area contributed by atoms with Crippen LogP contribution < -0.4 is 16.0 Å². The van der Waals surface area contributed by atoms with E-state index < -0.39 is 5.54 Å². The predicted molar refractivity (Wildman–Crippen MR) is 102 cm³/mol. The zero-order valence-corrected chi connectivity index (χ0v) is 15.0. The van der Waals surface area contributed by atoms with Crippen molar-refractivity contribution in [1.82, 2.24) is 16.0 Å². The van der Waals surface area contributed by atoms with Gasteiger partial charge in [0.1, 0.15) is 5.54 Å². The molecule has 0 radical (unpaired) electrons.